The van der Waals surface area contributed by atoms with E-state index in [0.29, 0.717) is 17.5 Å². The summed E-state index contributed by atoms with van der Waals surface area (Å²) in [5, 5.41) is 1.06. The maximum absolute atomic E-state index is 11.9. The van der Waals surface area contributed by atoms with Gasteiger partial charge in [0.25, 0.3) is 0 Å². The molecule has 0 spiro atoms. The van der Waals surface area contributed by atoms with Gasteiger partial charge in [-0.3, -0.25) is 4.90 Å². The molecule has 1 unspecified atom stereocenters. The van der Waals surface area contributed by atoms with Crippen molar-refractivity contribution >= 4 is 11.0 Å². The molecule has 0 fully saturated rings. The van der Waals surface area contributed by atoms with Crippen LogP contribution in [0.25, 0.3) is 11.0 Å². The van der Waals surface area contributed by atoms with Crippen LogP contribution < -0.4 is 5.63 Å². The third-order valence-corrected chi connectivity index (χ3v) is 4.60. The van der Waals surface area contributed by atoms with E-state index in [1.165, 1.54) is 11.1 Å². The van der Waals surface area contributed by atoms with Crippen LogP contribution in [0.5, 0.6) is 0 Å². The fourth-order valence-electron chi connectivity index (χ4n) is 2.88. The maximum atomic E-state index is 11.9. The number of fused-ring (bicyclic) bond motifs is 1. The van der Waals surface area contributed by atoms with Gasteiger partial charge >= 0.3 is 5.63 Å². The van der Waals surface area contributed by atoms with Crippen LogP contribution in [-0.2, 0) is 6.54 Å². The lowest BCUT2D eigenvalue weighted by atomic mass is 9.94. The second-order valence-corrected chi connectivity index (χ2v) is 6.62. The van der Waals surface area contributed by atoms with E-state index >= 15 is 0 Å². The van der Waals surface area contributed by atoms with Gasteiger partial charge in [0.2, 0.25) is 0 Å². The summed E-state index contributed by atoms with van der Waals surface area (Å²) in [7, 11) is 2.10. The molecule has 0 saturated heterocycles. The molecule has 120 valence electrons. The van der Waals surface area contributed by atoms with Crippen molar-refractivity contribution in [2.24, 2.45) is 0 Å². The van der Waals surface area contributed by atoms with E-state index < -0.39 is 0 Å². The highest BCUT2D eigenvalue weighted by Gasteiger charge is 2.14. The van der Waals surface area contributed by atoms with Gasteiger partial charge in [-0.25, -0.2) is 4.79 Å². The summed E-state index contributed by atoms with van der Waals surface area (Å²) < 4.78 is 5.41. The molecule has 3 nitrogen and oxygen atoms in total. The highest BCUT2D eigenvalue weighted by Crippen LogP contribution is 2.27. The van der Waals surface area contributed by atoms with E-state index in [9.17, 15) is 4.79 Å². The molecule has 1 atom stereocenters. The average Bonchev–Trinajstić information content (AvgIpc) is 2.44. The molecule has 2 aromatic rings. The Morgan fingerprint density at radius 1 is 1.18 bits per heavy atom. The minimum Gasteiger partial charge on any atom is -0.423 e. The first-order chi connectivity index (χ1) is 10.3. The van der Waals surface area contributed by atoms with Crippen molar-refractivity contribution in [3.05, 3.63) is 45.3 Å². The van der Waals surface area contributed by atoms with Crippen molar-refractivity contribution in [1.29, 1.82) is 0 Å². The highest BCUT2D eigenvalue weighted by atomic mass is 16.4. The van der Waals surface area contributed by atoms with E-state index in [1.54, 1.807) is 6.07 Å². The van der Waals surface area contributed by atoms with Gasteiger partial charge in [-0.05, 0) is 62.1 Å². The topological polar surface area (TPSA) is 33.5 Å². The number of nitrogens with zero attached hydrogens (tertiary/aromatic N) is 1. The Bertz CT molecular complexity index is 715. The van der Waals surface area contributed by atoms with E-state index in [-0.39, 0.29) is 5.63 Å². The zero-order valence-electron chi connectivity index (χ0n) is 14.6. The summed E-state index contributed by atoms with van der Waals surface area (Å²) in [6.07, 6.45) is 1.09. The number of hydrogen-bond donors (Lipinski definition) is 0. The fourth-order valence-corrected chi connectivity index (χ4v) is 2.88. The second-order valence-electron chi connectivity index (χ2n) is 6.62. The number of hydrogen-bond acceptors (Lipinski definition) is 3. The molecule has 2 rings (SSSR count). The third kappa shape index (κ3) is 3.41. The molecule has 1 aromatic heterocycles. The summed E-state index contributed by atoms with van der Waals surface area (Å²) in [5.74, 6) is 0.455. The first-order valence-electron chi connectivity index (χ1n) is 8.11. The minimum atomic E-state index is -0.267. The highest BCUT2D eigenvalue weighted by molar-refractivity contribution is 5.82. The summed E-state index contributed by atoms with van der Waals surface area (Å²) in [6, 6.07) is 6.31. The summed E-state index contributed by atoms with van der Waals surface area (Å²) in [6.45, 7) is 11.6. The van der Waals surface area contributed by atoms with Crippen LogP contribution in [0.15, 0.2) is 27.4 Å². The van der Waals surface area contributed by atoms with Gasteiger partial charge in [0.1, 0.15) is 5.58 Å². The monoisotopic (exact) mass is 301 g/mol. The van der Waals surface area contributed by atoms with Gasteiger partial charge in [0.05, 0.1) is 0 Å². The zero-order valence-corrected chi connectivity index (χ0v) is 14.6. The molecular weight excluding hydrogens is 274 g/mol. The lowest BCUT2D eigenvalue weighted by Crippen LogP contribution is -2.28. The maximum Gasteiger partial charge on any atom is 0.336 e. The lowest BCUT2D eigenvalue weighted by Gasteiger charge is -2.24. The van der Waals surface area contributed by atoms with Crippen LogP contribution in [0.2, 0.25) is 0 Å². The van der Waals surface area contributed by atoms with Crippen molar-refractivity contribution in [2.45, 2.75) is 59.5 Å². The second kappa shape index (κ2) is 6.66. The van der Waals surface area contributed by atoms with Crippen molar-refractivity contribution in [2.75, 3.05) is 7.05 Å². The molecule has 0 amide bonds. The van der Waals surface area contributed by atoms with Crippen LogP contribution in [0.3, 0.4) is 0 Å². The van der Waals surface area contributed by atoms with Gasteiger partial charge in [0, 0.05) is 24.0 Å². The smallest absolute Gasteiger partial charge is 0.336 e. The molecule has 0 saturated carbocycles. The minimum absolute atomic E-state index is 0.267. The van der Waals surface area contributed by atoms with Gasteiger partial charge in [-0.15, -0.1) is 0 Å². The van der Waals surface area contributed by atoms with Gasteiger partial charge in [-0.2, -0.15) is 0 Å². The van der Waals surface area contributed by atoms with Crippen molar-refractivity contribution < 1.29 is 4.42 Å². The van der Waals surface area contributed by atoms with Gasteiger partial charge in [-0.1, -0.05) is 20.8 Å². The molecular formula is C19H27NO2. The molecule has 3 heteroatoms. The van der Waals surface area contributed by atoms with E-state index in [2.05, 4.69) is 52.6 Å². The molecule has 1 heterocycles. The number of rotatable bonds is 5. The molecule has 0 bridgehead atoms. The Hall–Kier alpha value is -1.61. The Morgan fingerprint density at radius 3 is 2.45 bits per heavy atom. The van der Waals surface area contributed by atoms with Gasteiger partial charge in [0.15, 0.2) is 0 Å². The summed E-state index contributed by atoms with van der Waals surface area (Å²) in [5.41, 5.74) is 3.97. The predicted molar refractivity (Wildman–Crippen MR) is 92.5 cm³/mol. The van der Waals surface area contributed by atoms with E-state index in [4.69, 9.17) is 4.42 Å². The van der Waals surface area contributed by atoms with Crippen LogP contribution >= 0.6 is 0 Å². The zero-order chi connectivity index (χ0) is 16.4. The molecule has 0 N–H and O–H groups in total. The fraction of sp³-hybridized carbons (Fsp3) is 0.526. The summed E-state index contributed by atoms with van der Waals surface area (Å²) in [4.78, 5) is 14.2. The van der Waals surface area contributed by atoms with Gasteiger partial charge < -0.3 is 4.42 Å². The average molecular weight is 301 g/mol. The Kier molecular flexibility index (Phi) is 5.07. The van der Waals surface area contributed by atoms with Crippen molar-refractivity contribution in [3.8, 4) is 0 Å². The normalized spacial score (nSPS) is 13.3. The van der Waals surface area contributed by atoms with Crippen molar-refractivity contribution in [1.82, 2.24) is 4.90 Å². The van der Waals surface area contributed by atoms with E-state index in [0.717, 1.165) is 23.9 Å². The Balaban J connectivity index is 2.57. The SMILES string of the molecule is CCC(C)N(C)Cc1cc(=O)oc2cc(C)c(C(C)C)cc12. The van der Waals surface area contributed by atoms with E-state index in [1.807, 2.05) is 6.07 Å². The molecule has 0 radical (unpaired) electrons. The third-order valence-electron chi connectivity index (χ3n) is 4.60. The Labute approximate surface area is 132 Å². The first kappa shape index (κ1) is 16.8. The molecule has 1 aromatic carbocycles. The quantitative estimate of drug-likeness (QED) is 0.765. The van der Waals surface area contributed by atoms with Crippen LogP contribution in [0, 0.1) is 6.92 Å². The van der Waals surface area contributed by atoms with Crippen LogP contribution in [-0.4, -0.2) is 18.0 Å². The molecule has 22 heavy (non-hydrogen) atoms. The largest absolute Gasteiger partial charge is 0.423 e. The predicted octanol–water partition coefficient (Wildman–Crippen LogP) is 4.46. The summed E-state index contributed by atoms with van der Waals surface area (Å²) >= 11 is 0. The van der Waals surface area contributed by atoms with Crippen molar-refractivity contribution in [3.63, 3.8) is 0 Å². The lowest BCUT2D eigenvalue weighted by molar-refractivity contribution is 0.244. The first-order valence-corrected chi connectivity index (χ1v) is 8.11. The van der Waals surface area contributed by atoms with Crippen LogP contribution in [0.4, 0.5) is 0 Å². The standard InChI is InChI=1S/C19H27NO2/c1-7-14(5)20(6)11-15-9-19(21)22-18-8-13(4)16(12(2)3)10-17(15)18/h8-10,12,14H,7,11H2,1-6H3. The van der Waals surface area contributed by atoms with Crippen LogP contribution in [0.1, 0.15) is 56.7 Å². The molecule has 0 aliphatic carbocycles. The number of aryl methyl sites for hydroxylation is 1. The number of benzene rings is 1. The Morgan fingerprint density at radius 2 is 1.86 bits per heavy atom. The molecule has 0 aliphatic heterocycles. The molecule has 0 aliphatic rings.